The highest BCUT2D eigenvalue weighted by Crippen LogP contribution is 2.27. The second-order valence-corrected chi connectivity index (χ2v) is 7.85. The molecule has 1 unspecified atom stereocenters. The Kier molecular flexibility index (Phi) is 5.72. The fourth-order valence-corrected chi connectivity index (χ4v) is 4.37. The Morgan fingerprint density at radius 1 is 1.22 bits per heavy atom. The van der Waals surface area contributed by atoms with Crippen molar-refractivity contribution >= 4 is 15.9 Å². The maximum atomic E-state index is 12.8. The molecule has 128 valence electrons. The van der Waals surface area contributed by atoms with E-state index in [1.54, 1.807) is 19.1 Å². The fraction of sp³-hybridized carbons (Fsp3) is 0.600. The molecule has 0 N–H and O–H groups in total. The minimum absolute atomic E-state index is 0.0325. The molecule has 8 heteroatoms. The first-order valence-corrected chi connectivity index (χ1v) is 9.21. The summed E-state index contributed by atoms with van der Waals surface area (Å²) in [7, 11) is -2.04. The molecule has 0 amide bonds. The van der Waals surface area contributed by atoms with Crippen molar-refractivity contribution in [1.29, 1.82) is 0 Å². The van der Waals surface area contributed by atoms with E-state index in [2.05, 4.69) is 0 Å². The van der Waals surface area contributed by atoms with Crippen molar-refractivity contribution in [2.75, 3.05) is 20.1 Å². The van der Waals surface area contributed by atoms with Crippen LogP contribution in [0, 0.1) is 10.1 Å². The first-order chi connectivity index (χ1) is 10.8. The minimum Gasteiger partial charge on any atom is -0.258 e. The van der Waals surface area contributed by atoms with Gasteiger partial charge >= 0.3 is 0 Å². The largest absolute Gasteiger partial charge is 0.282 e. The molecule has 1 aliphatic heterocycles. The van der Waals surface area contributed by atoms with Gasteiger partial charge in [-0.3, -0.25) is 10.1 Å². The Morgan fingerprint density at radius 2 is 1.83 bits per heavy atom. The molecule has 1 aromatic carbocycles. The molecule has 0 bridgehead atoms. The Morgan fingerprint density at radius 3 is 2.39 bits per heavy atom. The fourth-order valence-electron chi connectivity index (χ4n) is 2.76. The molecule has 1 saturated heterocycles. The Labute approximate surface area is 137 Å². The Balaban J connectivity index is 2.22. The lowest BCUT2D eigenvalue weighted by molar-refractivity contribution is -0.384. The van der Waals surface area contributed by atoms with E-state index >= 15 is 0 Å². The Hall–Kier alpha value is -1.51. The normalized spacial score (nSPS) is 18.6. The summed E-state index contributed by atoms with van der Waals surface area (Å²) >= 11 is 0. The van der Waals surface area contributed by atoms with Crippen LogP contribution in [0.5, 0.6) is 0 Å². The van der Waals surface area contributed by atoms with Crippen molar-refractivity contribution in [2.24, 2.45) is 0 Å². The lowest BCUT2D eigenvalue weighted by atomic mass is 10.1. The molecule has 0 aliphatic carbocycles. The molecule has 1 aromatic rings. The first-order valence-electron chi connectivity index (χ1n) is 7.81. The summed E-state index contributed by atoms with van der Waals surface area (Å²) in [6.45, 7) is 2.82. The van der Waals surface area contributed by atoms with Crippen molar-refractivity contribution in [2.45, 2.75) is 38.6 Å². The van der Waals surface area contributed by atoms with E-state index in [1.165, 1.54) is 27.8 Å². The van der Waals surface area contributed by atoms with E-state index < -0.39 is 21.2 Å². The number of nitro groups is 1. The van der Waals surface area contributed by atoms with Gasteiger partial charge in [0, 0.05) is 38.3 Å². The highest BCUT2D eigenvalue weighted by atomic mass is 32.2. The van der Waals surface area contributed by atoms with E-state index in [9.17, 15) is 18.5 Å². The lowest BCUT2D eigenvalue weighted by Crippen LogP contribution is -2.43. The monoisotopic (exact) mass is 341 g/mol. The third-order valence-corrected chi connectivity index (χ3v) is 6.43. The van der Waals surface area contributed by atoms with Crippen molar-refractivity contribution in [3.63, 3.8) is 0 Å². The quantitative estimate of drug-likeness (QED) is 0.609. The molecule has 1 fully saturated rings. The van der Waals surface area contributed by atoms with E-state index in [0.29, 0.717) is 18.7 Å². The van der Waals surface area contributed by atoms with Crippen LogP contribution in [0.3, 0.4) is 0 Å². The van der Waals surface area contributed by atoms with E-state index in [0.717, 1.165) is 25.7 Å². The molecule has 23 heavy (non-hydrogen) atoms. The zero-order valence-corrected chi connectivity index (χ0v) is 14.3. The van der Waals surface area contributed by atoms with Crippen molar-refractivity contribution in [3.05, 3.63) is 39.9 Å². The number of nitrogens with zero attached hydrogens (tertiary/aromatic N) is 3. The van der Waals surface area contributed by atoms with Crippen LogP contribution in [0.2, 0.25) is 0 Å². The second kappa shape index (κ2) is 7.37. The molecule has 1 heterocycles. The van der Waals surface area contributed by atoms with Crippen LogP contribution in [0.4, 0.5) is 5.69 Å². The maximum Gasteiger partial charge on any atom is 0.282 e. The number of hydrogen-bond acceptors (Lipinski definition) is 4. The van der Waals surface area contributed by atoms with E-state index in [4.69, 9.17) is 0 Å². The summed E-state index contributed by atoms with van der Waals surface area (Å²) in [5.74, 6) is 0. The highest BCUT2D eigenvalue weighted by Gasteiger charge is 2.31. The van der Waals surface area contributed by atoms with Crippen molar-refractivity contribution in [1.82, 2.24) is 8.61 Å². The molecular formula is C15H23N3O4S. The predicted molar refractivity (Wildman–Crippen MR) is 88.2 cm³/mol. The van der Waals surface area contributed by atoms with Crippen LogP contribution >= 0.6 is 0 Å². The molecule has 2 rings (SSSR count). The van der Waals surface area contributed by atoms with Gasteiger partial charge in [0.25, 0.3) is 15.9 Å². The standard InChI is InChI=1S/C15H23N3O4S/c1-13(14-8-7-9-15(12-14)18(19)20)16(2)23(21,22)17-10-5-3-4-6-11-17/h7-9,12-13H,3-6,10-11H2,1-2H3. The lowest BCUT2D eigenvalue weighted by Gasteiger charge is -2.30. The summed E-state index contributed by atoms with van der Waals surface area (Å²) < 4.78 is 28.4. The SMILES string of the molecule is CC(c1cccc([N+](=O)[O-])c1)N(C)S(=O)(=O)N1CCCCCC1. The van der Waals surface area contributed by atoms with Crippen LogP contribution in [0.25, 0.3) is 0 Å². The van der Waals surface area contributed by atoms with Gasteiger partial charge in [0.05, 0.1) is 4.92 Å². The van der Waals surface area contributed by atoms with Crippen molar-refractivity contribution in [3.8, 4) is 0 Å². The second-order valence-electron chi connectivity index (χ2n) is 5.87. The van der Waals surface area contributed by atoms with Gasteiger partial charge in [-0.2, -0.15) is 17.0 Å². The van der Waals surface area contributed by atoms with Gasteiger partial charge in [0.2, 0.25) is 0 Å². The van der Waals surface area contributed by atoms with Gasteiger partial charge in [-0.05, 0) is 25.3 Å². The summed E-state index contributed by atoms with van der Waals surface area (Å²) in [5.41, 5.74) is 0.579. The van der Waals surface area contributed by atoms with Crippen LogP contribution < -0.4 is 0 Å². The van der Waals surface area contributed by atoms with Gasteiger partial charge < -0.3 is 0 Å². The first kappa shape index (κ1) is 17.8. The minimum atomic E-state index is -3.57. The van der Waals surface area contributed by atoms with Crippen LogP contribution in [0.15, 0.2) is 24.3 Å². The smallest absolute Gasteiger partial charge is 0.258 e. The number of hydrogen-bond donors (Lipinski definition) is 0. The van der Waals surface area contributed by atoms with E-state index in [-0.39, 0.29) is 5.69 Å². The van der Waals surface area contributed by atoms with Crippen LogP contribution in [-0.2, 0) is 10.2 Å². The van der Waals surface area contributed by atoms with Crippen LogP contribution in [0.1, 0.15) is 44.2 Å². The summed E-state index contributed by atoms with van der Waals surface area (Å²) in [5, 5.41) is 10.9. The summed E-state index contributed by atoms with van der Waals surface area (Å²) in [6, 6.07) is 5.66. The van der Waals surface area contributed by atoms with Gasteiger partial charge in [-0.15, -0.1) is 0 Å². The van der Waals surface area contributed by atoms with Gasteiger partial charge in [-0.1, -0.05) is 25.0 Å². The number of rotatable bonds is 5. The molecular weight excluding hydrogens is 318 g/mol. The van der Waals surface area contributed by atoms with Crippen molar-refractivity contribution < 1.29 is 13.3 Å². The molecule has 0 aromatic heterocycles. The molecule has 1 atom stereocenters. The molecule has 0 spiro atoms. The van der Waals surface area contributed by atoms with Crippen LogP contribution in [-0.4, -0.2) is 42.1 Å². The zero-order chi connectivity index (χ0) is 17.0. The third-order valence-electron chi connectivity index (χ3n) is 4.36. The topological polar surface area (TPSA) is 83.8 Å². The summed E-state index contributed by atoms with van der Waals surface area (Å²) in [6.07, 6.45) is 3.85. The van der Waals surface area contributed by atoms with Gasteiger partial charge in [0.15, 0.2) is 0 Å². The summed E-state index contributed by atoms with van der Waals surface area (Å²) in [4.78, 5) is 10.4. The molecule has 0 radical (unpaired) electrons. The van der Waals surface area contributed by atoms with E-state index in [1.807, 2.05) is 0 Å². The number of nitro benzene ring substituents is 1. The average molecular weight is 341 g/mol. The Bertz CT molecular complexity index is 654. The maximum absolute atomic E-state index is 12.8. The predicted octanol–water partition coefficient (Wildman–Crippen LogP) is 2.71. The number of non-ortho nitro benzene ring substituents is 1. The number of benzene rings is 1. The highest BCUT2D eigenvalue weighted by molar-refractivity contribution is 7.86. The molecule has 1 aliphatic rings. The zero-order valence-electron chi connectivity index (χ0n) is 13.5. The molecule has 0 saturated carbocycles. The third kappa shape index (κ3) is 4.07. The van der Waals surface area contributed by atoms with Gasteiger partial charge in [0.1, 0.15) is 0 Å². The average Bonchev–Trinajstić information content (AvgIpc) is 2.83. The van der Waals surface area contributed by atoms with Gasteiger partial charge in [-0.25, -0.2) is 0 Å². The molecule has 7 nitrogen and oxygen atoms in total.